The number of alkyl halides is 3. The average Bonchev–Trinajstić information content (AvgIpc) is 2.46. The van der Waals surface area contributed by atoms with Gasteiger partial charge < -0.3 is 10.9 Å². The van der Waals surface area contributed by atoms with E-state index in [-0.39, 0.29) is 11.9 Å². The fourth-order valence-corrected chi connectivity index (χ4v) is 2.62. The molecule has 1 unspecified atom stereocenters. The van der Waals surface area contributed by atoms with Crippen LogP contribution in [0.5, 0.6) is 0 Å². The quantitative estimate of drug-likeness (QED) is 0.390. The standard InChI is InChI=1S/C14H18F3N3O/c15-14(16,17)11-6-4-10(5-7-11)9-20-8-2-1-3-12(20)13(18)19-21/h4-7,12,21H,1-3,8-9H2,(H2,18,19). The predicted octanol–water partition coefficient (Wildman–Crippen LogP) is 2.81. The van der Waals surface area contributed by atoms with E-state index in [4.69, 9.17) is 10.9 Å². The minimum absolute atomic E-state index is 0.154. The summed E-state index contributed by atoms with van der Waals surface area (Å²) < 4.78 is 37.6. The van der Waals surface area contributed by atoms with E-state index in [0.29, 0.717) is 6.54 Å². The smallest absolute Gasteiger partial charge is 0.409 e. The van der Waals surface area contributed by atoms with Gasteiger partial charge in [0.25, 0.3) is 0 Å². The van der Waals surface area contributed by atoms with Crippen molar-refractivity contribution in [2.24, 2.45) is 10.9 Å². The number of amidine groups is 1. The van der Waals surface area contributed by atoms with E-state index >= 15 is 0 Å². The molecule has 0 amide bonds. The topological polar surface area (TPSA) is 61.9 Å². The summed E-state index contributed by atoms with van der Waals surface area (Å²) in [5.74, 6) is 0.154. The van der Waals surface area contributed by atoms with Gasteiger partial charge in [0.05, 0.1) is 11.6 Å². The Labute approximate surface area is 121 Å². The summed E-state index contributed by atoms with van der Waals surface area (Å²) >= 11 is 0. The van der Waals surface area contributed by atoms with Gasteiger partial charge >= 0.3 is 6.18 Å². The molecule has 1 aliphatic heterocycles. The molecule has 1 fully saturated rings. The van der Waals surface area contributed by atoms with Crippen LogP contribution in [0, 0.1) is 0 Å². The molecular formula is C14H18F3N3O. The van der Waals surface area contributed by atoms with Crippen LogP contribution in [0.25, 0.3) is 0 Å². The highest BCUT2D eigenvalue weighted by Crippen LogP contribution is 2.29. The zero-order chi connectivity index (χ0) is 15.5. The number of hydrogen-bond acceptors (Lipinski definition) is 3. The van der Waals surface area contributed by atoms with Gasteiger partial charge in [-0.3, -0.25) is 4.90 Å². The van der Waals surface area contributed by atoms with Crippen LogP contribution >= 0.6 is 0 Å². The first-order valence-corrected chi connectivity index (χ1v) is 6.79. The normalized spacial score (nSPS) is 21.5. The average molecular weight is 301 g/mol. The third-order valence-electron chi connectivity index (χ3n) is 3.74. The van der Waals surface area contributed by atoms with Crippen molar-refractivity contribution >= 4 is 5.84 Å². The number of nitrogens with zero attached hydrogens (tertiary/aromatic N) is 2. The van der Waals surface area contributed by atoms with Crippen molar-refractivity contribution in [2.45, 2.75) is 38.0 Å². The van der Waals surface area contributed by atoms with Crippen LogP contribution < -0.4 is 5.73 Å². The SMILES string of the molecule is NC(=NO)C1CCCCN1Cc1ccc(C(F)(F)F)cc1. The summed E-state index contributed by atoms with van der Waals surface area (Å²) in [7, 11) is 0. The largest absolute Gasteiger partial charge is 0.416 e. The Morgan fingerprint density at radius 1 is 1.29 bits per heavy atom. The molecule has 1 saturated heterocycles. The van der Waals surface area contributed by atoms with Gasteiger partial charge in [-0.1, -0.05) is 23.7 Å². The van der Waals surface area contributed by atoms with E-state index in [1.54, 1.807) is 0 Å². The Morgan fingerprint density at radius 3 is 2.52 bits per heavy atom. The first-order chi connectivity index (χ1) is 9.91. The molecule has 2 rings (SSSR count). The van der Waals surface area contributed by atoms with Crippen molar-refractivity contribution in [3.8, 4) is 0 Å². The van der Waals surface area contributed by atoms with Crippen LogP contribution in [0.3, 0.4) is 0 Å². The number of benzene rings is 1. The van der Waals surface area contributed by atoms with Crippen LogP contribution in [0.15, 0.2) is 29.4 Å². The first-order valence-electron chi connectivity index (χ1n) is 6.79. The molecule has 1 atom stereocenters. The Balaban J connectivity index is 2.09. The molecule has 1 heterocycles. The molecule has 116 valence electrons. The maximum absolute atomic E-state index is 12.5. The van der Waals surface area contributed by atoms with Crippen molar-refractivity contribution in [3.05, 3.63) is 35.4 Å². The monoisotopic (exact) mass is 301 g/mol. The van der Waals surface area contributed by atoms with E-state index in [2.05, 4.69) is 5.16 Å². The molecule has 0 saturated carbocycles. The van der Waals surface area contributed by atoms with E-state index in [0.717, 1.165) is 43.5 Å². The second kappa shape index (κ2) is 6.34. The summed E-state index contributed by atoms with van der Waals surface area (Å²) in [5, 5.41) is 11.9. The van der Waals surface area contributed by atoms with Crippen LogP contribution in [0.2, 0.25) is 0 Å². The number of hydrogen-bond donors (Lipinski definition) is 2. The van der Waals surface area contributed by atoms with Crippen molar-refractivity contribution < 1.29 is 18.4 Å². The summed E-state index contributed by atoms with van der Waals surface area (Å²) in [6.07, 6.45) is -1.54. The Morgan fingerprint density at radius 2 is 1.95 bits per heavy atom. The molecule has 7 heteroatoms. The van der Waals surface area contributed by atoms with Gasteiger partial charge in [0.2, 0.25) is 0 Å². The lowest BCUT2D eigenvalue weighted by Crippen LogP contribution is -2.47. The molecule has 0 spiro atoms. The number of piperidine rings is 1. The van der Waals surface area contributed by atoms with Crippen molar-refractivity contribution in [1.82, 2.24) is 4.90 Å². The number of rotatable bonds is 3. The first kappa shape index (κ1) is 15.6. The zero-order valence-electron chi connectivity index (χ0n) is 11.5. The van der Waals surface area contributed by atoms with E-state index in [1.807, 2.05) is 4.90 Å². The molecule has 21 heavy (non-hydrogen) atoms. The maximum atomic E-state index is 12.5. The molecular weight excluding hydrogens is 283 g/mol. The highest BCUT2D eigenvalue weighted by Gasteiger charge is 2.30. The maximum Gasteiger partial charge on any atom is 0.416 e. The molecule has 0 aromatic heterocycles. The molecule has 1 aliphatic rings. The Kier molecular flexibility index (Phi) is 4.72. The second-order valence-corrected chi connectivity index (χ2v) is 5.20. The number of halogens is 3. The number of nitrogens with two attached hydrogens (primary N) is 1. The number of oxime groups is 1. The third kappa shape index (κ3) is 3.87. The molecule has 0 radical (unpaired) electrons. The van der Waals surface area contributed by atoms with Gasteiger partial charge in [-0.15, -0.1) is 0 Å². The van der Waals surface area contributed by atoms with Gasteiger partial charge in [0, 0.05) is 6.54 Å². The Hall–Kier alpha value is -1.76. The molecule has 1 aromatic carbocycles. The van der Waals surface area contributed by atoms with Crippen molar-refractivity contribution in [1.29, 1.82) is 0 Å². The van der Waals surface area contributed by atoms with E-state index in [9.17, 15) is 13.2 Å². The predicted molar refractivity (Wildman–Crippen MR) is 72.9 cm³/mol. The molecule has 0 bridgehead atoms. The summed E-state index contributed by atoms with van der Waals surface area (Å²) in [6, 6.07) is 4.95. The fourth-order valence-electron chi connectivity index (χ4n) is 2.62. The van der Waals surface area contributed by atoms with Crippen LogP contribution in [-0.4, -0.2) is 28.5 Å². The van der Waals surface area contributed by atoms with Gasteiger partial charge in [0.15, 0.2) is 5.84 Å². The van der Waals surface area contributed by atoms with Crippen LogP contribution in [0.4, 0.5) is 13.2 Å². The minimum atomic E-state index is -4.32. The Bertz CT molecular complexity index is 499. The highest BCUT2D eigenvalue weighted by molar-refractivity contribution is 5.85. The number of likely N-dealkylation sites (tertiary alicyclic amines) is 1. The lowest BCUT2D eigenvalue weighted by Gasteiger charge is -2.34. The van der Waals surface area contributed by atoms with Crippen molar-refractivity contribution in [2.75, 3.05) is 6.54 Å². The zero-order valence-corrected chi connectivity index (χ0v) is 11.5. The third-order valence-corrected chi connectivity index (χ3v) is 3.74. The second-order valence-electron chi connectivity index (χ2n) is 5.20. The highest BCUT2D eigenvalue weighted by atomic mass is 19.4. The fraction of sp³-hybridized carbons (Fsp3) is 0.500. The van der Waals surface area contributed by atoms with Crippen LogP contribution in [-0.2, 0) is 12.7 Å². The van der Waals surface area contributed by atoms with Gasteiger partial charge in [0.1, 0.15) is 0 Å². The molecule has 1 aromatic rings. The van der Waals surface area contributed by atoms with Gasteiger partial charge in [-0.2, -0.15) is 13.2 Å². The summed E-state index contributed by atoms with van der Waals surface area (Å²) in [5.41, 5.74) is 5.81. The lowest BCUT2D eigenvalue weighted by atomic mass is 10.00. The molecule has 4 nitrogen and oxygen atoms in total. The summed E-state index contributed by atoms with van der Waals surface area (Å²) in [4.78, 5) is 2.03. The van der Waals surface area contributed by atoms with Crippen LogP contribution in [0.1, 0.15) is 30.4 Å². The molecule has 0 aliphatic carbocycles. The van der Waals surface area contributed by atoms with E-state index < -0.39 is 11.7 Å². The minimum Gasteiger partial charge on any atom is -0.409 e. The lowest BCUT2D eigenvalue weighted by molar-refractivity contribution is -0.137. The molecule has 3 N–H and O–H groups in total. The van der Waals surface area contributed by atoms with Gasteiger partial charge in [-0.05, 0) is 37.1 Å². The van der Waals surface area contributed by atoms with Crippen molar-refractivity contribution in [3.63, 3.8) is 0 Å². The summed E-state index contributed by atoms with van der Waals surface area (Å²) in [6.45, 7) is 1.26. The van der Waals surface area contributed by atoms with E-state index in [1.165, 1.54) is 12.1 Å². The van der Waals surface area contributed by atoms with Gasteiger partial charge in [-0.25, -0.2) is 0 Å².